The molecule has 10 heteroatoms. The van der Waals surface area contributed by atoms with Crippen LogP contribution in [-0.4, -0.2) is 35.5 Å². The zero-order valence-corrected chi connectivity index (χ0v) is 15.0. The lowest BCUT2D eigenvalue weighted by Gasteiger charge is -2.07. The van der Waals surface area contributed by atoms with E-state index in [-0.39, 0.29) is 18.4 Å². The Balaban J connectivity index is 1.65. The molecule has 4 rings (SSSR count). The molecule has 0 bridgehead atoms. The molecule has 3 heterocycles. The normalized spacial score (nSPS) is 11.5. The summed E-state index contributed by atoms with van der Waals surface area (Å²) in [7, 11) is 0. The molecular weight excluding hydrogens is 363 g/mol. The summed E-state index contributed by atoms with van der Waals surface area (Å²) in [6.45, 7) is 2.63. The monoisotopic (exact) mass is 380 g/mol. The topological polar surface area (TPSA) is 109 Å². The average Bonchev–Trinajstić information content (AvgIpc) is 3.29. The van der Waals surface area contributed by atoms with Crippen molar-refractivity contribution >= 4 is 23.2 Å². The van der Waals surface area contributed by atoms with Gasteiger partial charge in [0.2, 0.25) is 11.9 Å². The van der Waals surface area contributed by atoms with Crippen molar-refractivity contribution in [2.75, 3.05) is 5.73 Å². The quantitative estimate of drug-likeness (QED) is 0.406. The molecule has 0 spiro atoms. The van der Waals surface area contributed by atoms with E-state index in [0.717, 1.165) is 5.52 Å². The average molecular weight is 380 g/mol. The van der Waals surface area contributed by atoms with Crippen LogP contribution in [0, 0.1) is 5.82 Å². The van der Waals surface area contributed by atoms with Crippen LogP contribution in [0.5, 0.6) is 0 Å². The highest BCUT2D eigenvalue weighted by molar-refractivity contribution is 5.96. The molecule has 0 amide bonds. The molecule has 0 atom stereocenters. The third kappa shape index (κ3) is 3.15. The molecule has 0 aliphatic rings. The number of nitrogen functional groups attached to an aromatic ring is 1. The van der Waals surface area contributed by atoms with Gasteiger partial charge in [-0.05, 0) is 13.0 Å². The Morgan fingerprint density at radius 2 is 2.14 bits per heavy atom. The zero-order valence-electron chi connectivity index (χ0n) is 15.0. The van der Waals surface area contributed by atoms with E-state index in [1.807, 2.05) is 11.5 Å². The molecule has 3 aromatic heterocycles. The SMILES string of the molecule is CCn1c(-n2ncnc2N)nc2cncc(/C=N/OCc3ccccc3F)c21. The number of hydrogen-bond donors (Lipinski definition) is 1. The summed E-state index contributed by atoms with van der Waals surface area (Å²) in [4.78, 5) is 18.0. The standard InChI is InChI=1S/C18H17FN8O/c1-2-26-16-13(8-24-28-10-12-5-3-4-6-14(12)19)7-21-9-15(16)25-18(26)27-17(20)22-11-23-27/h3-9,11H,2,10H2,1H3,(H2,20,22,23)/b24-8+. The molecule has 0 fully saturated rings. The van der Waals surface area contributed by atoms with Gasteiger partial charge in [0.25, 0.3) is 0 Å². The van der Waals surface area contributed by atoms with E-state index in [2.05, 4.69) is 25.2 Å². The van der Waals surface area contributed by atoms with Crippen LogP contribution in [0.3, 0.4) is 0 Å². The van der Waals surface area contributed by atoms with Crippen molar-refractivity contribution in [2.24, 2.45) is 5.16 Å². The highest BCUT2D eigenvalue weighted by Crippen LogP contribution is 2.21. The third-order valence-electron chi connectivity index (χ3n) is 4.18. The fourth-order valence-corrected chi connectivity index (χ4v) is 2.88. The number of pyridine rings is 1. The summed E-state index contributed by atoms with van der Waals surface area (Å²) in [6, 6.07) is 6.39. The van der Waals surface area contributed by atoms with Crippen molar-refractivity contribution < 1.29 is 9.23 Å². The number of oxime groups is 1. The highest BCUT2D eigenvalue weighted by atomic mass is 19.1. The predicted octanol–water partition coefficient (Wildman–Crippen LogP) is 2.30. The van der Waals surface area contributed by atoms with Gasteiger partial charge in [0.05, 0.1) is 17.9 Å². The molecular formula is C18H17FN8O. The van der Waals surface area contributed by atoms with Crippen LogP contribution in [0.1, 0.15) is 18.1 Å². The van der Waals surface area contributed by atoms with Crippen molar-refractivity contribution in [1.29, 1.82) is 0 Å². The fourth-order valence-electron chi connectivity index (χ4n) is 2.88. The summed E-state index contributed by atoms with van der Waals surface area (Å²) in [5.41, 5.74) is 8.46. The first-order valence-electron chi connectivity index (χ1n) is 8.58. The second-order valence-electron chi connectivity index (χ2n) is 5.88. The smallest absolute Gasteiger partial charge is 0.235 e. The van der Waals surface area contributed by atoms with Crippen LogP contribution in [0.2, 0.25) is 0 Å². The number of benzene rings is 1. The van der Waals surface area contributed by atoms with Crippen LogP contribution < -0.4 is 5.73 Å². The zero-order chi connectivity index (χ0) is 19.5. The second-order valence-corrected chi connectivity index (χ2v) is 5.88. The van der Waals surface area contributed by atoms with E-state index in [1.54, 1.807) is 30.6 Å². The fraction of sp³-hybridized carbons (Fsp3) is 0.167. The molecule has 0 aliphatic carbocycles. The van der Waals surface area contributed by atoms with E-state index in [1.165, 1.54) is 23.3 Å². The molecule has 0 saturated carbocycles. The van der Waals surface area contributed by atoms with Crippen molar-refractivity contribution in [3.05, 3.63) is 59.9 Å². The van der Waals surface area contributed by atoms with Gasteiger partial charge < -0.3 is 15.1 Å². The summed E-state index contributed by atoms with van der Waals surface area (Å²) >= 11 is 0. The van der Waals surface area contributed by atoms with Crippen LogP contribution in [0.4, 0.5) is 10.3 Å². The van der Waals surface area contributed by atoms with Crippen LogP contribution in [-0.2, 0) is 18.0 Å². The Morgan fingerprint density at radius 3 is 2.89 bits per heavy atom. The van der Waals surface area contributed by atoms with E-state index in [4.69, 9.17) is 10.6 Å². The molecule has 9 nitrogen and oxygen atoms in total. The molecule has 0 saturated heterocycles. The van der Waals surface area contributed by atoms with Crippen molar-refractivity contribution in [3.63, 3.8) is 0 Å². The number of fused-ring (bicyclic) bond motifs is 1. The maximum atomic E-state index is 13.6. The van der Waals surface area contributed by atoms with Gasteiger partial charge in [0, 0.05) is 23.9 Å². The number of nitrogens with zero attached hydrogens (tertiary/aromatic N) is 7. The number of imidazole rings is 1. The first-order chi connectivity index (χ1) is 13.7. The lowest BCUT2D eigenvalue weighted by Crippen LogP contribution is -2.10. The molecule has 0 radical (unpaired) electrons. The minimum Gasteiger partial charge on any atom is -0.391 e. The van der Waals surface area contributed by atoms with Gasteiger partial charge in [0.1, 0.15) is 24.3 Å². The van der Waals surface area contributed by atoms with Gasteiger partial charge in [0.15, 0.2) is 0 Å². The van der Waals surface area contributed by atoms with Crippen molar-refractivity contribution in [1.82, 2.24) is 29.3 Å². The van der Waals surface area contributed by atoms with Gasteiger partial charge in [-0.3, -0.25) is 4.98 Å². The van der Waals surface area contributed by atoms with Gasteiger partial charge in [-0.15, -0.1) is 0 Å². The van der Waals surface area contributed by atoms with Gasteiger partial charge in [-0.1, -0.05) is 23.4 Å². The minimum atomic E-state index is -0.333. The molecule has 4 aromatic rings. The number of rotatable bonds is 6. The number of hydrogen-bond acceptors (Lipinski definition) is 7. The first kappa shape index (κ1) is 17.6. The number of aryl methyl sites for hydroxylation is 1. The second kappa shape index (κ2) is 7.43. The molecule has 142 valence electrons. The first-order valence-corrected chi connectivity index (χ1v) is 8.58. The number of halogens is 1. The maximum absolute atomic E-state index is 13.6. The third-order valence-corrected chi connectivity index (χ3v) is 4.18. The van der Waals surface area contributed by atoms with Gasteiger partial charge >= 0.3 is 0 Å². The minimum absolute atomic E-state index is 0.0281. The van der Waals surface area contributed by atoms with Crippen molar-refractivity contribution in [2.45, 2.75) is 20.1 Å². The largest absolute Gasteiger partial charge is 0.391 e. The summed E-state index contributed by atoms with van der Waals surface area (Å²) in [5.74, 6) is 0.435. The molecule has 28 heavy (non-hydrogen) atoms. The summed E-state index contributed by atoms with van der Waals surface area (Å²) < 4.78 is 17.0. The van der Waals surface area contributed by atoms with Crippen LogP contribution in [0.15, 0.2) is 48.1 Å². The molecule has 0 unspecified atom stereocenters. The van der Waals surface area contributed by atoms with Crippen molar-refractivity contribution in [3.8, 4) is 5.95 Å². The van der Waals surface area contributed by atoms with E-state index in [0.29, 0.717) is 29.1 Å². The number of aromatic nitrogens is 6. The molecule has 0 aliphatic heterocycles. The number of nitrogens with two attached hydrogens (primary N) is 1. The van der Waals surface area contributed by atoms with Crippen LogP contribution in [0.25, 0.3) is 17.0 Å². The Bertz CT molecular complexity index is 1150. The number of anilines is 1. The lowest BCUT2D eigenvalue weighted by atomic mass is 10.2. The Morgan fingerprint density at radius 1 is 1.29 bits per heavy atom. The molecule has 1 aromatic carbocycles. The van der Waals surface area contributed by atoms with Gasteiger partial charge in [-0.2, -0.15) is 14.8 Å². The van der Waals surface area contributed by atoms with Crippen LogP contribution >= 0.6 is 0 Å². The van der Waals surface area contributed by atoms with E-state index in [9.17, 15) is 4.39 Å². The van der Waals surface area contributed by atoms with E-state index < -0.39 is 0 Å². The lowest BCUT2D eigenvalue weighted by molar-refractivity contribution is 0.129. The molecule has 2 N–H and O–H groups in total. The summed E-state index contributed by atoms with van der Waals surface area (Å²) in [6.07, 6.45) is 6.20. The maximum Gasteiger partial charge on any atom is 0.235 e. The Labute approximate surface area is 159 Å². The highest BCUT2D eigenvalue weighted by Gasteiger charge is 2.16. The van der Waals surface area contributed by atoms with Gasteiger partial charge in [-0.25, -0.2) is 9.37 Å². The Hall–Kier alpha value is -3.82. The predicted molar refractivity (Wildman–Crippen MR) is 101 cm³/mol. The van der Waals surface area contributed by atoms with E-state index >= 15 is 0 Å². The summed E-state index contributed by atoms with van der Waals surface area (Å²) in [5, 5.41) is 8.08. The Kier molecular flexibility index (Phi) is 4.67.